The van der Waals surface area contributed by atoms with Gasteiger partial charge in [-0.15, -0.1) is 0 Å². The topological polar surface area (TPSA) is 162 Å². The third-order valence-electron chi connectivity index (χ3n) is 15.8. The molecule has 70 heavy (non-hydrogen) atoms. The highest BCUT2D eigenvalue weighted by Gasteiger charge is 2.54. The first-order chi connectivity index (χ1) is 34.0. The predicted octanol–water partition coefficient (Wildman–Crippen LogP) is 8.86. The van der Waals surface area contributed by atoms with Crippen LogP contribution in [0.3, 0.4) is 0 Å². The van der Waals surface area contributed by atoms with Crippen LogP contribution in [0.2, 0.25) is 0 Å². The average Bonchev–Trinajstić information content (AvgIpc) is 3.35. The van der Waals surface area contributed by atoms with Crippen LogP contribution in [-0.2, 0) is 48.7 Å². The molecular formula is C59H60O11. The van der Waals surface area contributed by atoms with Gasteiger partial charge in [0.1, 0.15) is 11.3 Å². The molecule has 0 amide bonds. The van der Waals surface area contributed by atoms with Gasteiger partial charge in [-0.2, -0.15) is 0 Å². The van der Waals surface area contributed by atoms with Gasteiger partial charge in [0.2, 0.25) is 0 Å². The number of fused-ring (bicyclic) bond motifs is 7. The molecule has 3 N–H and O–H groups in total. The molecule has 4 aromatic carbocycles. The second-order valence-corrected chi connectivity index (χ2v) is 20.1. The van der Waals surface area contributed by atoms with Gasteiger partial charge in [0.05, 0.1) is 31.8 Å². The largest absolute Gasteiger partial charge is 0.482 e. The Morgan fingerprint density at radius 1 is 0.943 bits per heavy atom. The molecule has 1 spiro atoms. The van der Waals surface area contributed by atoms with Crippen molar-refractivity contribution in [2.24, 2.45) is 5.92 Å². The van der Waals surface area contributed by atoms with Gasteiger partial charge >= 0.3 is 17.6 Å². The number of methoxy groups -OCH3 is 1. The Kier molecular flexibility index (Phi) is 13.2. The number of allylic oxidation sites excluding steroid dienone is 2. The Morgan fingerprint density at radius 3 is 2.56 bits per heavy atom. The molecule has 5 heterocycles. The zero-order valence-electron chi connectivity index (χ0n) is 40.0. The van der Waals surface area contributed by atoms with Gasteiger partial charge in [-0.05, 0) is 121 Å². The van der Waals surface area contributed by atoms with Crippen molar-refractivity contribution in [2.45, 2.75) is 119 Å². The Morgan fingerprint density at radius 2 is 1.77 bits per heavy atom. The van der Waals surface area contributed by atoms with E-state index in [0.29, 0.717) is 29.4 Å². The number of aliphatic hydroxyl groups excluding tert-OH is 3. The van der Waals surface area contributed by atoms with E-state index in [1.807, 2.05) is 6.07 Å². The summed E-state index contributed by atoms with van der Waals surface area (Å²) in [6, 6.07) is 29.1. The van der Waals surface area contributed by atoms with Crippen LogP contribution in [-0.4, -0.2) is 65.9 Å². The fourth-order valence-corrected chi connectivity index (χ4v) is 12.2. The standard InChI is InChI=1S/C59H60O11/c1-35(32-61)44-16-14-37-15-18-48-46(29-37)39-13-8-23-58(2)55(69-56(44)64)54(52-49(70-58)19-17-45-47(33-62)51(57(65)68-53(45)52)42(22-26-60)34-66-3)67-50(63)31-43-30-41(21-25-59(43,48)24-20-39)40-12-7-11-38(28-40)27-36-9-5-4-6-10-36/h4-7,9-12,15,17-19,21,25,28-29,39,41-43,54-55,60-62H,14,16,20,22-24,26-27,30-34H2,1-3H3. The molecule has 0 saturated heterocycles. The number of aliphatic hydroxyl groups is 3. The van der Waals surface area contributed by atoms with Crippen LogP contribution in [0, 0.1) is 17.8 Å². The Labute approximate surface area is 408 Å². The Bertz CT molecular complexity index is 3020. The van der Waals surface area contributed by atoms with Crippen molar-refractivity contribution in [3.05, 3.63) is 169 Å². The van der Waals surface area contributed by atoms with Gasteiger partial charge < -0.3 is 38.7 Å². The summed E-state index contributed by atoms with van der Waals surface area (Å²) in [5.74, 6) is 5.16. The third-order valence-corrected chi connectivity index (χ3v) is 15.8. The van der Waals surface area contributed by atoms with E-state index in [2.05, 4.69) is 90.7 Å². The summed E-state index contributed by atoms with van der Waals surface area (Å²) in [6.45, 7) is 2.41. The minimum Gasteiger partial charge on any atom is -0.482 e. The van der Waals surface area contributed by atoms with Crippen molar-refractivity contribution in [1.82, 2.24) is 0 Å². The summed E-state index contributed by atoms with van der Waals surface area (Å²) < 4.78 is 32.0. The maximum absolute atomic E-state index is 15.3. The van der Waals surface area contributed by atoms with Crippen LogP contribution in [0.15, 0.2) is 117 Å². The minimum absolute atomic E-state index is 0.00160. The molecule has 11 nitrogen and oxygen atoms in total. The van der Waals surface area contributed by atoms with Gasteiger partial charge in [0.25, 0.3) is 0 Å². The van der Waals surface area contributed by atoms with E-state index in [0.717, 1.165) is 36.0 Å². The molecule has 11 rings (SSSR count). The number of ether oxygens (including phenoxy) is 4. The fourth-order valence-electron chi connectivity index (χ4n) is 12.2. The molecule has 7 bridgehead atoms. The van der Waals surface area contributed by atoms with Crippen LogP contribution in [0.4, 0.5) is 0 Å². The molecule has 6 aliphatic rings. The highest BCUT2D eigenvalue weighted by Crippen LogP contribution is 2.56. The monoisotopic (exact) mass is 944 g/mol. The fraction of sp³-hybridized carbons (Fsp3) is 0.407. The van der Waals surface area contributed by atoms with Gasteiger partial charge in [0, 0.05) is 59.8 Å². The number of benzene rings is 4. The molecule has 5 aromatic rings. The highest BCUT2D eigenvalue weighted by molar-refractivity contribution is 5.90. The maximum Gasteiger partial charge on any atom is 0.340 e. The number of esters is 2. The van der Waals surface area contributed by atoms with Crippen LogP contribution in [0.5, 0.6) is 5.75 Å². The van der Waals surface area contributed by atoms with E-state index >= 15 is 4.79 Å². The third kappa shape index (κ3) is 8.59. The molecule has 362 valence electrons. The summed E-state index contributed by atoms with van der Waals surface area (Å²) in [6.07, 6.45) is 5.98. The van der Waals surface area contributed by atoms with E-state index in [4.69, 9.17) is 23.4 Å². The summed E-state index contributed by atoms with van der Waals surface area (Å²) in [4.78, 5) is 44.4. The maximum atomic E-state index is 15.3. The van der Waals surface area contributed by atoms with Gasteiger partial charge in [-0.25, -0.2) is 9.59 Å². The van der Waals surface area contributed by atoms with Crippen LogP contribution < -0.4 is 10.4 Å². The quantitative estimate of drug-likeness (QED) is 0.0403. The van der Waals surface area contributed by atoms with Gasteiger partial charge in [-0.3, -0.25) is 4.79 Å². The second-order valence-electron chi connectivity index (χ2n) is 20.1. The molecule has 11 heteroatoms. The molecule has 8 unspecified atom stereocenters. The van der Waals surface area contributed by atoms with E-state index in [1.165, 1.54) is 23.8 Å². The molecule has 0 saturated carbocycles. The smallest absolute Gasteiger partial charge is 0.340 e. The molecule has 0 fully saturated rings. The number of hydrogen-bond donors (Lipinski definition) is 3. The second kappa shape index (κ2) is 19.5. The summed E-state index contributed by atoms with van der Waals surface area (Å²) in [7, 11) is 1.49. The van der Waals surface area contributed by atoms with Crippen molar-refractivity contribution < 1.29 is 48.3 Å². The highest BCUT2D eigenvalue weighted by atomic mass is 16.6. The number of hydrogen-bond acceptors (Lipinski definition) is 11. The Balaban J connectivity index is 1.16. The van der Waals surface area contributed by atoms with Gasteiger partial charge in [0.15, 0.2) is 17.8 Å². The number of aryl methyl sites for hydroxylation is 1. The zero-order valence-corrected chi connectivity index (χ0v) is 40.0. The van der Waals surface area contributed by atoms with Gasteiger partial charge in [-0.1, -0.05) is 96.8 Å². The van der Waals surface area contributed by atoms with E-state index in [9.17, 15) is 24.9 Å². The predicted molar refractivity (Wildman–Crippen MR) is 263 cm³/mol. The van der Waals surface area contributed by atoms with E-state index in [1.54, 1.807) is 26.0 Å². The molecule has 8 atom stereocenters. The Hall–Kier alpha value is -6.29. The van der Waals surface area contributed by atoms with Crippen LogP contribution in [0.1, 0.15) is 133 Å². The first kappa shape index (κ1) is 47.4. The first-order valence-corrected chi connectivity index (χ1v) is 24.6. The summed E-state index contributed by atoms with van der Waals surface area (Å²) >= 11 is 0. The van der Waals surface area contributed by atoms with Crippen LogP contribution >= 0.6 is 0 Å². The number of carbonyl (C=O) groups excluding carboxylic acids is 2. The van der Waals surface area contributed by atoms with Crippen LogP contribution in [0.25, 0.3) is 11.0 Å². The van der Waals surface area contributed by atoms with Crippen molar-refractivity contribution in [3.63, 3.8) is 0 Å². The van der Waals surface area contributed by atoms with Crippen molar-refractivity contribution >= 4 is 22.9 Å². The molecular weight excluding hydrogens is 885 g/mol. The molecule has 4 aliphatic heterocycles. The normalized spacial score (nSPS) is 26.9. The van der Waals surface area contributed by atoms with E-state index < -0.39 is 53.3 Å². The number of rotatable bonds is 10. The van der Waals surface area contributed by atoms with Crippen molar-refractivity contribution in [1.29, 1.82) is 0 Å². The lowest BCUT2D eigenvalue weighted by Crippen LogP contribution is -2.54. The zero-order chi connectivity index (χ0) is 48.7. The lowest BCUT2D eigenvalue weighted by molar-refractivity contribution is -0.190. The van der Waals surface area contributed by atoms with Crippen molar-refractivity contribution in [2.75, 3.05) is 26.9 Å². The van der Waals surface area contributed by atoms with E-state index in [-0.39, 0.29) is 91.3 Å². The van der Waals surface area contributed by atoms with Crippen molar-refractivity contribution in [3.8, 4) is 17.6 Å². The molecule has 0 radical (unpaired) electrons. The SMILES string of the molecule is COCC(CCO)c1c(CO)c2ccc3c(c2oc1=O)C1OC(=O)CC2CC(c4cccc(Cc5ccccc5)c4)C=CC24CCC2C#CCC(C)(O3)C1OC(=O)C(=C(C)CO)CCc1ccc4c2c1. The molecule has 2 aliphatic carbocycles. The summed E-state index contributed by atoms with van der Waals surface area (Å²) in [5.41, 5.74) is 5.55. The lowest BCUT2D eigenvalue weighted by atomic mass is 9.55. The molecule has 1 aromatic heterocycles. The number of carbonyl (C=O) groups is 2. The summed E-state index contributed by atoms with van der Waals surface area (Å²) in [5, 5.41) is 31.8. The first-order valence-electron chi connectivity index (χ1n) is 24.6. The lowest BCUT2D eigenvalue weighted by Gasteiger charge is -2.48. The minimum atomic E-state index is -1.40. The average molecular weight is 945 g/mol.